The summed E-state index contributed by atoms with van der Waals surface area (Å²) in [7, 11) is 0.275. The van der Waals surface area contributed by atoms with Gasteiger partial charge in [-0.05, 0) is 57.4 Å². The maximum absolute atomic E-state index is 2.31. The van der Waals surface area contributed by atoms with Crippen molar-refractivity contribution in [2.75, 3.05) is 37.0 Å². The molecule has 0 spiro atoms. The Labute approximate surface area is 130 Å². The molecule has 0 nitrogen and oxygen atoms in total. The zero-order chi connectivity index (χ0) is 11.4. The van der Waals surface area contributed by atoms with Gasteiger partial charge in [0.2, 0.25) is 0 Å². The monoisotopic (exact) mass is 463 g/mol. The fraction of sp³-hybridized carbons (Fsp3) is 0.857. The standard InChI is InChI=1S/2C6H15P.2CH3.Pt/c2*1-4-7(5-2)6-3;;;/h2*4-6H2,1-3H3;2*1H3;/q;;2*-1;+2/p+2. The fourth-order valence-electron chi connectivity index (χ4n) is 1.50. The van der Waals surface area contributed by atoms with Gasteiger partial charge < -0.3 is 14.9 Å². The SMILES string of the molecule is CC[PH+](CC)CC.CC[PH+](CC)CC.[CH3-].[CH3-].[Pt+2]. The first-order valence-corrected chi connectivity index (χ1v) is 10.6. The summed E-state index contributed by atoms with van der Waals surface area (Å²) < 4.78 is 0. The van der Waals surface area contributed by atoms with E-state index in [2.05, 4.69) is 41.5 Å². The van der Waals surface area contributed by atoms with Crippen molar-refractivity contribution in [3.8, 4) is 0 Å². The fourth-order valence-corrected chi connectivity index (χ4v) is 4.50. The predicted octanol–water partition coefficient (Wildman–Crippen LogP) is 5.42. The first-order valence-electron chi connectivity index (χ1n) is 6.36. The van der Waals surface area contributed by atoms with Crippen LogP contribution in [0, 0.1) is 14.9 Å². The van der Waals surface area contributed by atoms with Gasteiger partial charge in [0.05, 0.1) is 37.0 Å². The third-order valence-electron chi connectivity index (χ3n) is 3.00. The molecule has 3 heteroatoms. The molecule has 0 aliphatic heterocycles. The summed E-state index contributed by atoms with van der Waals surface area (Å²) in [4.78, 5) is 0. The molecule has 17 heavy (non-hydrogen) atoms. The first-order chi connectivity index (χ1) is 6.69. The second kappa shape index (κ2) is 26.2. The Morgan fingerprint density at radius 3 is 0.588 bits per heavy atom. The van der Waals surface area contributed by atoms with Crippen molar-refractivity contribution in [1.29, 1.82) is 0 Å². The largest absolute Gasteiger partial charge is 2.00 e. The Balaban J connectivity index is -0.0000000480. The third kappa shape index (κ3) is 23.1. The average Bonchev–Trinajstić information content (AvgIpc) is 2.24. The van der Waals surface area contributed by atoms with Crippen LogP contribution in [0.2, 0.25) is 0 Å². The summed E-state index contributed by atoms with van der Waals surface area (Å²) in [6.45, 7) is 13.8. The van der Waals surface area contributed by atoms with Gasteiger partial charge in [-0.3, -0.25) is 0 Å². The van der Waals surface area contributed by atoms with Crippen molar-refractivity contribution in [1.82, 2.24) is 0 Å². The van der Waals surface area contributed by atoms with Gasteiger partial charge >= 0.3 is 21.1 Å². The van der Waals surface area contributed by atoms with Gasteiger partial charge in [0.15, 0.2) is 0 Å². The second-order valence-electron chi connectivity index (χ2n) is 3.62. The Kier molecular flexibility index (Phi) is 47.9. The molecule has 0 saturated heterocycles. The maximum Gasteiger partial charge on any atom is 2.00 e. The van der Waals surface area contributed by atoms with Crippen molar-refractivity contribution in [3.63, 3.8) is 0 Å². The molecule has 0 aromatic heterocycles. The minimum absolute atomic E-state index is 0. The summed E-state index contributed by atoms with van der Waals surface area (Å²) in [5, 5.41) is 0. The van der Waals surface area contributed by atoms with Crippen molar-refractivity contribution >= 4 is 15.8 Å². The molecule has 0 N–H and O–H groups in total. The summed E-state index contributed by atoms with van der Waals surface area (Å²) >= 11 is 0. The Morgan fingerprint density at radius 2 is 0.588 bits per heavy atom. The molecule has 0 rings (SSSR count). The van der Waals surface area contributed by atoms with Crippen LogP contribution in [0.3, 0.4) is 0 Å². The zero-order valence-electron chi connectivity index (χ0n) is 13.6. The van der Waals surface area contributed by atoms with E-state index >= 15 is 0 Å². The molecule has 0 aliphatic rings. The van der Waals surface area contributed by atoms with E-state index in [0.717, 1.165) is 0 Å². The average molecular weight is 463 g/mol. The van der Waals surface area contributed by atoms with E-state index in [1.165, 1.54) is 37.0 Å². The molecule has 0 aromatic carbocycles. The van der Waals surface area contributed by atoms with E-state index < -0.39 is 0 Å². The van der Waals surface area contributed by atoms with Crippen LogP contribution in [0.5, 0.6) is 0 Å². The topological polar surface area (TPSA) is 0 Å². The van der Waals surface area contributed by atoms with Gasteiger partial charge in [0.25, 0.3) is 0 Å². The van der Waals surface area contributed by atoms with E-state index in [4.69, 9.17) is 0 Å². The Bertz CT molecular complexity index is 69.2. The number of hydrogen-bond acceptors (Lipinski definition) is 0. The normalized spacial score (nSPS) is 8.47. The van der Waals surface area contributed by atoms with Crippen molar-refractivity contribution in [2.45, 2.75) is 41.5 Å². The van der Waals surface area contributed by atoms with Crippen LogP contribution in [0.4, 0.5) is 0 Å². The third-order valence-corrected chi connectivity index (χ3v) is 9.00. The van der Waals surface area contributed by atoms with E-state index in [0.29, 0.717) is 0 Å². The first kappa shape index (κ1) is 31.1. The van der Waals surface area contributed by atoms with Crippen LogP contribution in [0.25, 0.3) is 0 Å². The molecule has 0 amide bonds. The molecule has 0 fully saturated rings. The molecule has 0 heterocycles. The summed E-state index contributed by atoms with van der Waals surface area (Å²) in [5.74, 6) is 0. The quantitative estimate of drug-likeness (QED) is 0.365. The molecule has 0 unspecified atom stereocenters. The van der Waals surface area contributed by atoms with Gasteiger partial charge in [-0.15, -0.1) is 0 Å². The molecule has 0 radical (unpaired) electrons. The number of rotatable bonds is 6. The molecule has 0 bridgehead atoms. The summed E-state index contributed by atoms with van der Waals surface area (Å²) in [5.41, 5.74) is 0. The molecule has 0 saturated carbocycles. The van der Waals surface area contributed by atoms with E-state index in [1.54, 1.807) is 0 Å². The van der Waals surface area contributed by atoms with Crippen LogP contribution < -0.4 is 0 Å². The van der Waals surface area contributed by atoms with Gasteiger partial charge in [-0.1, -0.05) is 0 Å². The van der Waals surface area contributed by atoms with Gasteiger partial charge in [0, 0.05) is 0 Å². The number of hydrogen-bond donors (Lipinski definition) is 0. The molecular formula is C14H38P2Pt+2. The van der Waals surface area contributed by atoms with E-state index in [9.17, 15) is 0 Å². The van der Waals surface area contributed by atoms with Crippen LogP contribution in [-0.2, 0) is 21.1 Å². The van der Waals surface area contributed by atoms with Gasteiger partial charge in [-0.25, -0.2) is 0 Å². The van der Waals surface area contributed by atoms with Gasteiger partial charge in [-0.2, -0.15) is 0 Å². The van der Waals surface area contributed by atoms with Crippen LogP contribution in [0.15, 0.2) is 0 Å². The molecular weight excluding hydrogens is 425 g/mol. The molecule has 112 valence electrons. The van der Waals surface area contributed by atoms with Crippen LogP contribution in [0.1, 0.15) is 41.5 Å². The maximum atomic E-state index is 2.31. The second-order valence-corrected chi connectivity index (χ2v) is 10.9. The van der Waals surface area contributed by atoms with E-state index in [-0.39, 0.29) is 51.8 Å². The van der Waals surface area contributed by atoms with Crippen LogP contribution in [-0.4, -0.2) is 37.0 Å². The Hall–Kier alpha value is 1.55. The van der Waals surface area contributed by atoms with Gasteiger partial charge in [0.1, 0.15) is 0 Å². The van der Waals surface area contributed by atoms with Crippen molar-refractivity contribution in [2.24, 2.45) is 0 Å². The van der Waals surface area contributed by atoms with Crippen LogP contribution >= 0.6 is 15.8 Å². The minimum Gasteiger partial charge on any atom is -0.358 e. The molecule has 0 aliphatic carbocycles. The Morgan fingerprint density at radius 1 is 0.471 bits per heavy atom. The zero-order valence-corrected chi connectivity index (χ0v) is 17.8. The predicted molar refractivity (Wildman–Crippen MR) is 92.7 cm³/mol. The molecule has 0 atom stereocenters. The minimum atomic E-state index is 0. The molecule has 0 aromatic rings. The van der Waals surface area contributed by atoms with Crippen molar-refractivity contribution < 1.29 is 21.1 Å². The van der Waals surface area contributed by atoms with E-state index in [1.807, 2.05) is 0 Å². The summed E-state index contributed by atoms with van der Waals surface area (Å²) in [6, 6.07) is 0. The van der Waals surface area contributed by atoms with Crippen molar-refractivity contribution in [3.05, 3.63) is 14.9 Å². The smallest absolute Gasteiger partial charge is 0.358 e. The summed E-state index contributed by atoms with van der Waals surface area (Å²) in [6.07, 6.45) is 8.74.